The molecule has 126 valence electrons. The van der Waals surface area contributed by atoms with Crippen molar-refractivity contribution in [3.05, 3.63) is 29.7 Å². The van der Waals surface area contributed by atoms with Crippen LogP contribution >= 0.6 is 0 Å². The van der Waals surface area contributed by atoms with Crippen molar-refractivity contribution in [3.63, 3.8) is 0 Å². The fourth-order valence-corrected chi connectivity index (χ4v) is 4.58. The Bertz CT molecular complexity index is 785. The molecule has 1 aliphatic rings. The minimum absolute atomic E-state index is 0.286. The van der Waals surface area contributed by atoms with E-state index >= 15 is 0 Å². The minimum atomic E-state index is -3.29. The molecule has 0 aliphatic heterocycles. The summed E-state index contributed by atoms with van der Waals surface area (Å²) in [5.74, 6) is 0.708. The lowest BCUT2D eigenvalue weighted by Crippen LogP contribution is -2.33. The van der Waals surface area contributed by atoms with Crippen LogP contribution in [0.5, 0.6) is 0 Å². The lowest BCUT2D eigenvalue weighted by molar-refractivity contribution is 0.369. The van der Waals surface area contributed by atoms with E-state index in [0.29, 0.717) is 31.0 Å². The largest absolute Gasteiger partial charge is 0.339 e. The molecule has 2 heterocycles. The van der Waals surface area contributed by atoms with Crippen molar-refractivity contribution in [1.29, 1.82) is 0 Å². The van der Waals surface area contributed by atoms with Gasteiger partial charge in [0.1, 0.15) is 4.75 Å². The maximum atomic E-state index is 12.3. The van der Waals surface area contributed by atoms with Gasteiger partial charge in [0.05, 0.1) is 12.1 Å². The summed E-state index contributed by atoms with van der Waals surface area (Å²) in [7, 11) is -3.29. The predicted molar refractivity (Wildman–Crippen MR) is 84.7 cm³/mol. The summed E-state index contributed by atoms with van der Waals surface area (Å²) in [5.41, 5.74) is 0.828. The van der Waals surface area contributed by atoms with Crippen LogP contribution in [0.25, 0.3) is 0 Å². The molecular formula is C15H22N4O3S. The van der Waals surface area contributed by atoms with Gasteiger partial charge in [-0.25, -0.2) is 8.42 Å². The van der Waals surface area contributed by atoms with Crippen molar-refractivity contribution in [2.75, 3.05) is 6.26 Å². The average molecular weight is 338 g/mol. The van der Waals surface area contributed by atoms with Gasteiger partial charge in [-0.3, -0.25) is 4.68 Å². The predicted octanol–water partition coefficient (Wildman–Crippen LogP) is 2.25. The molecule has 23 heavy (non-hydrogen) atoms. The third-order valence-electron chi connectivity index (χ3n) is 4.52. The molecular weight excluding hydrogens is 316 g/mol. The molecule has 2 aromatic rings. The maximum Gasteiger partial charge on any atom is 0.232 e. The van der Waals surface area contributed by atoms with Crippen molar-refractivity contribution < 1.29 is 12.9 Å². The van der Waals surface area contributed by atoms with Gasteiger partial charge in [0.2, 0.25) is 5.89 Å². The Morgan fingerprint density at radius 1 is 1.35 bits per heavy atom. The van der Waals surface area contributed by atoms with Gasteiger partial charge in [-0.1, -0.05) is 18.0 Å². The number of aromatic nitrogens is 4. The standard InChI is InChI=1S/C15H22N4O3S/c1-11(2)19-9-6-12(17-19)10-13-16-14(18-22-13)15(23(3,20)21)7-4-5-8-15/h6,9,11H,4-5,7-8,10H2,1-3H3. The van der Waals surface area contributed by atoms with Crippen LogP contribution in [-0.4, -0.2) is 34.6 Å². The van der Waals surface area contributed by atoms with Gasteiger partial charge in [-0.15, -0.1) is 0 Å². The van der Waals surface area contributed by atoms with Crippen LogP contribution in [-0.2, 0) is 21.0 Å². The third-order valence-corrected chi connectivity index (χ3v) is 6.53. The van der Waals surface area contributed by atoms with E-state index in [4.69, 9.17) is 4.52 Å². The molecule has 0 saturated heterocycles. The first-order valence-electron chi connectivity index (χ1n) is 7.88. The van der Waals surface area contributed by atoms with Gasteiger partial charge >= 0.3 is 0 Å². The normalized spacial score (nSPS) is 17.9. The van der Waals surface area contributed by atoms with Crippen molar-refractivity contribution in [2.24, 2.45) is 0 Å². The molecule has 0 N–H and O–H groups in total. The summed E-state index contributed by atoms with van der Waals surface area (Å²) in [4.78, 5) is 4.37. The van der Waals surface area contributed by atoms with Crippen LogP contribution in [0.15, 0.2) is 16.8 Å². The summed E-state index contributed by atoms with van der Waals surface area (Å²) in [5, 5.41) is 8.42. The highest BCUT2D eigenvalue weighted by Crippen LogP contribution is 2.43. The van der Waals surface area contributed by atoms with Crippen LogP contribution in [0.1, 0.15) is 63.0 Å². The Kier molecular flexibility index (Phi) is 4.03. The van der Waals surface area contributed by atoms with Crippen LogP contribution in [0, 0.1) is 0 Å². The molecule has 0 unspecified atom stereocenters. The second kappa shape index (κ2) is 5.74. The Hall–Kier alpha value is -1.70. The number of hydrogen-bond donors (Lipinski definition) is 0. The Balaban J connectivity index is 1.85. The SMILES string of the molecule is CC(C)n1ccc(Cc2nc(C3(S(C)(=O)=O)CCCC3)no2)n1. The summed E-state index contributed by atoms with van der Waals surface area (Å²) < 4.78 is 30.7. The first-order chi connectivity index (χ1) is 10.8. The molecule has 0 radical (unpaired) electrons. The molecule has 0 aromatic carbocycles. The fraction of sp³-hybridized carbons (Fsp3) is 0.667. The zero-order chi connectivity index (χ0) is 16.7. The van der Waals surface area contributed by atoms with Gasteiger partial charge in [0, 0.05) is 18.5 Å². The monoisotopic (exact) mass is 338 g/mol. The number of hydrogen-bond acceptors (Lipinski definition) is 6. The third kappa shape index (κ3) is 2.91. The smallest absolute Gasteiger partial charge is 0.232 e. The summed E-state index contributed by atoms with van der Waals surface area (Å²) in [6.07, 6.45) is 6.45. The number of rotatable bonds is 5. The summed E-state index contributed by atoms with van der Waals surface area (Å²) in [6, 6.07) is 2.19. The van der Waals surface area contributed by atoms with E-state index in [2.05, 4.69) is 29.1 Å². The Morgan fingerprint density at radius 2 is 2.04 bits per heavy atom. The molecule has 3 rings (SSSR count). The van der Waals surface area contributed by atoms with Gasteiger partial charge < -0.3 is 4.52 Å². The molecule has 1 saturated carbocycles. The van der Waals surface area contributed by atoms with Crippen LogP contribution < -0.4 is 0 Å². The van der Waals surface area contributed by atoms with Crippen molar-refractivity contribution in [2.45, 2.75) is 56.7 Å². The molecule has 8 heteroatoms. The quantitative estimate of drug-likeness (QED) is 0.830. The highest BCUT2D eigenvalue weighted by Gasteiger charge is 2.48. The Labute approximate surface area is 136 Å². The second-order valence-electron chi connectivity index (χ2n) is 6.54. The van der Waals surface area contributed by atoms with E-state index in [9.17, 15) is 8.42 Å². The van der Waals surface area contributed by atoms with E-state index in [-0.39, 0.29) is 6.04 Å². The van der Waals surface area contributed by atoms with Crippen LogP contribution in [0.2, 0.25) is 0 Å². The lowest BCUT2D eigenvalue weighted by atomic mass is 10.1. The van der Waals surface area contributed by atoms with Crippen molar-refractivity contribution in [3.8, 4) is 0 Å². The molecule has 1 fully saturated rings. The number of sulfone groups is 1. The first kappa shape index (κ1) is 16.2. The number of nitrogens with zero attached hydrogens (tertiary/aromatic N) is 4. The molecule has 0 bridgehead atoms. The van der Waals surface area contributed by atoms with Gasteiger partial charge in [-0.2, -0.15) is 10.1 Å². The molecule has 0 amide bonds. The van der Waals surface area contributed by atoms with E-state index in [1.165, 1.54) is 6.26 Å². The highest BCUT2D eigenvalue weighted by molar-refractivity contribution is 7.91. The first-order valence-corrected chi connectivity index (χ1v) is 9.78. The zero-order valence-electron chi connectivity index (χ0n) is 13.7. The molecule has 1 aliphatic carbocycles. The van der Waals surface area contributed by atoms with E-state index in [0.717, 1.165) is 18.5 Å². The van der Waals surface area contributed by atoms with E-state index in [1.807, 2.05) is 16.9 Å². The summed E-state index contributed by atoms with van der Waals surface area (Å²) in [6.45, 7) is 4.11. The van der Waals surface area contributed by atoms with Crippen LogP contribution in [0.4, 0.5) is 0 Å². The van der Waals surface area contributed by atoms with Crippen molar-refractivity contribution in [1.82, 2.24) is 19.9 Å². The lowest BCUT2D eigenvalue weighted by Gasteiger charge is -2.22. The maximum absolute atomic E-state index is 12.3. The van der Waals surface area contributed by atoms with E-state index in [1.54, 1.807) is 0 Å². The van der Waals surface area contributed by atoms with Gasteiger partial charge in [-0.05, 0) is 32.8 Å². The summed E-state index contributed by atoms with van der Waals surface area (Å²) >= 11 is 0. The Morgan fingerprint density at radius 3 is 2.61 bits per heavy atom. The molecule has 0 spiro atoms. The highest BCUT2D eigenvalue weighted by atomic mass is 32.2. The molecule has 7 nitrogen and oxygen atoms in total. The second-order valence-corrected chi connectivity index (χ2v) is 8.87. The van der Waals surface area contributed by atoms with Gasteiger partial charge in [0.25, 0.3) is 0 Å². The molecule has 2 aromatic heterocycles. The topological polar surface area (TPSA) is 90.9 Å². The fourth-order valence-electron chi connectivity index (χ4n) is 3.13. The minimum Gasteiger partial charge on any atom is -0.339 e. The van der Waals surface area contributed by atoms with Crippen LogP contribution in [0.3, 0.4) is 0 Å². The van der Waals surface area contributed by atoms with E-state index < -0.39 is 14.6 Å². The van der Waals surface area contributed by atoms with Gasteiger partial charge in [0.15, 0.2) is 15.7 Å². The average Bonchev–Trinajstić information content (AvgIpc) is 3.18. The zero-order valence-corrected chi connectivity index (χ0v) is 14.5. The molecule has 0 atom stereocenters. The van der Waals surface area contributed by atoms with Crippen molar-refractivity contribution >= 4 is 9.84 Å².